The molecule has 0 saturated carbocycles. The molecule has 1 atom stereocenters. The maximum absolute atomic E-state index is 13.1. The van der Waals surface area contributed by atoms with E-state index in [1.54, 1.807) is 24.3 Å². The van der Waals surface area contributed by atoms with Gasteiger partial charge in [0.1, 0.15) is 5.75 Å². The lowest BCUT2D eigenvalue weighted by Gasteiger charge is -2.21. The molecule has 20 heavy (non-hydrogen) atoms. The lowest BCUT2D eigenvalue weighted by atomic mass is 10.1. The molecule has 0 aliphatic carbocycles. The Labute approximate surface area is 120 Å². The summed E-state index contributed by atoms with van der Waals surface area (Å²) in [5.74, 6) is -2.10. The molecular formula is C13H19F2NO3S. The van der Waals surface area contributed by atoms with E-state index in [0.717, 1.165) is 0 Å². The van der Waals surface area contributed by atoms with E-state index in [0.29, 0.717) is 11.4 Å². The molecule has 4 nitrogen and oxygen atoms in total. The summed E-state index contributed by atoms with van der Waals surface area (Å²) < 4.78 is 53.0. The largest absolute Gasteiger partial charge is 0.497 e. The Bertz CT molecular complexity index is 440. The smallest absolute Gasteiger partial charge is 0.261 e. The first-order valence-electron chi connectivity index (χ1n) is 6.30. The first-order chi connectivity index (χ1) is 9.39. The Balaban J connectivity index is 2.67. The van der Waals surface area contributed by atoms with Gasteiger partial charge in [0.2, 0.25) is 5.92 Å². The van der Waals surface area contributed by atoms with Gasteiger partial charge in [-0.05, 0) is 30.7 Å². The van der Waals surface area contributed by atoms with Crippen LogP contribution in [-0.4, -0.2) is 28.3 Å². The fourth-order valence-electron chi connectivity index (χ4n) is 1.70. The SMILES string of the molecule is CCC(F)(F)CCCN(c1ccc(OC)cc1)S(=O)O. The zero-order valence-corrected chi connectivity index (χ0v) is 12.3. The molecule has 0 aromatic heterocycles. The monoisotopic (exact) mass is 307 g/mol. The number of hydrogen-bond donors (Lipinski definition) is 1. The summed E-state index contributed by atoms with van der Waals surface area (Å²) in [7, 11) is 1.52. The predicted molar refractivity (Wildman–Crippen MR) is 75.6 cm³/mol. The lowest BCUT2D eigenvalue weighted by Crippen LogP contribution is -2.27. The highest BCUT2D eigenvalue weighted by Gasteiger charge is 2.26. The van der Waals surface area contributed by atoms with Crippen molar-refractivity contribution in [1.82, 2.24) is 0 Å². The molecule has 0 spiro atoms. The highest BCUT2D eigenvalue weighted by molar-refractivity contribution is 7.80. The second-order valence-electron chi connectivity index (χ2n) is 4.34. The minimum atomic E-state index is -2.72. The van der Waals surface area contributed by atoms with Crippen LogP contribution in [0.15, 0.2) is 24.3 Å². The Kier molecular flexibility index (Phi) is 6.35. The van der Waals surface area contributed by atoms with Crippen LogP contribution >= 0.6 is 0 Å². The third-order valence-electron chi connectivity index (χ3n) is 2.97. The van der Waals surface area contributed by atoms with Gasteiger partial charge in [0.15, 0.2) is 0 Å². The summed E-state index contributed by atoms with van der Waals surface area (Å²) in [6.45, 7) is 1.51. The molecular weight excluding hydrogens is 288 g/mol. The molecule has 1 N–H and O–H groups in total. The summed E-state index contributed by atoms with van der Waals surface area (Å²) in [5, 5.41) is 0. The van der Waals surface area contributed by atoms with E-state index in [9.17, 15) is 17.5 Å². The standard InChI is InChI=1S/C13H19F2NO3S/c1-3-13(14,15)9-4-10-16(20(17)18)11-5-7-12(19-2)8-6-11/h5-8H,3-4,9-10H2,1-2H3,(H,17,18). The van der Waals surface area contributed by atoms with Gasteiger partial charge >= 0.3 is 0 Å². The zero-order valence-electron chi connectivity index (χ0n) is 11.5. The van der Waals surface area contributed by atoms with E-state index in [-0.39, 0.29) is 25.8 Å². The highest BCUT2D eigenvalue weighted by atomic mass is 32.2. The Hall–Kier alpha value is -1.21. The number of ether oxygens (including phenoxy) is 1. The maximum atomic E-state index is 13.1. The molecule has 0 aliphatic heterocycles. The first-order valence-corrected chi connectivity index (χ1v) is 7.36. The Morgan fingerprint density at radius 1 is 1.35 bits per heavy atom. The van der Waals surface area contributed by atoms with Crippen LogP contribution in [0.1, 0.15) is 26.2 Å². The average molecular weight is 307 g/mol. The fourth-order valence-corrected chi connectivity index (χ4v) is 2.29. The van der Waals surface area contributed by atoms with Crippen LogP contribution in [0.3, 0.4) is 0 Å². The average Bonchev–Trinajstić information content (AvgIpc) is 2.43. The Morgan fingerprint density at radius 3 is 2.40 bits per heavy atom. The molecule has 0 fully saturated rings. The predicted octanol–water partition coefficient (Wildman–Crippen LogP) is 3.46. The van der Waals surface area contributed by atoms with E-state index in [4.69, 9.17) is 4.74 Å². The molecule has 7 heteroatoms. The van der Waals surface area contributed by atoms with Crippen molar-refractivity contribution in [2.45, 2.75) is 32.1 Å². The number of halogens is 2. The molecule has 1 unspecified atom stereocenters. The normalized spacial score (nSPS) is 13.1. The molecule has 0 radical (unpaired) electrons. The summed E-state index contributed by atoms with van der Waals surface area (Å²) >= 11 is -2.25. The number of alkyl halides is 2. The van der Waals surface area contributed by atoms with Crippen molar-refractivity contribution in [3.63, 3.8) is 0 Å². The van der Waals surface area contributed by atoms with Crippen LogP contribution in [0.25, 0.3) is 0 Å². The number of methoxy groups -OCH3 is 1. The van der Waals surface area contributed by atoms with Gasteiger partial charge in [-0.15, -0.1) is 0 Å². The number of rotatable bonds is 8. The lowest BCUT2D eigenvalue weighted by molar-refractivity contribution is -0.0124. The van der Waals surface area contributed by atoms with Crippen molar-refractivity contribution in [2.24, 2.45) is 0 Å². The molecule has 1 aromatic rings. The van der Waals surface area contributed by atoms with Gasteiger partial charge in [-0.2, -0.15) is 0 Å². The molecule has 0 amide bonds. The van der Waals surface area contributed by atoms with Gasteiger partial charge in [-0.25, -0.2) is 13.0 Å². The van der Waals surface area contributed by atoms with E-state index in [1.165, 1.54) is 18.3 Å². The highest BCUT2D eigenvalue weighted by Crippen LogP contribution is 2.25. The third-order valence-corrected chi connectivity index (χ3v) is 3.74. The van der Waals surface area contributed by atoms with Crippen molar-refractivity contribution in [1.29, 1.82) is 0 Å². The number of anilines is 1. The van der Waals surface area contributed by atoms with Gasteiger partial charge in [-0.3, -0.25) is 8.86 Å². The number of nitrogens with zero attached hydrogens (tertiary/aromatic N) is 1. The van der Waals surface area contributed by atoms with E-state index < -0.39 is 17.2 Å². The van der Waals surface area contributed by atoms with Gasteiger partial charge in [0, 0.05) is 19.4 Å². The summed E-state index contributed by atoms with van der Waals surface area (Å²) in [6.07, 6.45) is -0.385. The molecule has 0 aliphatic rings. The molecule has 114 valence electrons. The second kappa shape index (κ2) is 7.54. The van der Waals surface area contributed by atoms with Gasteiger partial charge < -0.3 is 4.74 Å². The third kappa shape index (κ3) is 5.05. The summed E-state index contributed by atoms with van der Waals surface area (Å²) in [6, 6.07) is 6.53. The second-order valence-corrected chi connectivity index (χ2v) is 5.25. The molecule has 0 saturated heterocycles. The number of benzene rings is 1. The Morgan fingerprint density at radius 2 is 1.95 bits per heavy atom. The minimum Gasteiger partial charge on any atom is -0.497 e. The van der Waals surface area contributed by atoms with Crippen LogP contribution in [0, 0.1) is 0 Å². The molecule has 1 rings (SSSR count). The van der Waals surface area contributed by atoms with E-state index in [1.807, 2.05) is 0 Å². The molecule has 0 heterocycles. The molecule has 0 bridgehead atoms. The quantitative estimate of drug-likeness (QED) is 0.748. The van der Waals surface area contributed by atoms with Crippen molar-refractivity contribution in [3.8, 4) is 5.75 Å². The molecule has 1 aromatic carbocycles. The van der Waals surface area contributed by atoms with Gasteiger partial charge in [0.05, 0.1) is 12.8 Å². The minimum absolute atomic E-state index is 0.0883. The first kappa shape index (κ1) is 16.8. The summed E-state index contributed by atoms with van der Waals surface area (Å²) in [5.41, 5.74) is 0.492. The van der Waals surface area contributed by atoms with Crippen LogP contribution < -0.4 is 9.04 Å². The fraction of sp³-hybridized carbons (Fsp3) is 0.538. The van der Waals surface area contributed by atoms with Crippen LogP contribution in [0.4, 0.5) is 14.5 Å². The zero-order chi connectivity index (χ0) is 15.2. The summed E-state index contributed by atoms with van der Waals surface area (Å²) in [4.78, 5) is 0. The van der Waals surface area contributed by atoms with Crippen molar-refractivity contribution < 1.29 is 22.3 Å². The van der Waals surface area contributed by atoms with Crippen LogP contribution in [0.5, 0.6) is 5.75 Å². The van der Waals surface area contributed by atoms with Crippen molar-refractivity contribution in [2.75, 3.05) is 18.0 Å². The van der Waals surface area contributed by atoms with Crippen LogP contribution in [-0.2, 0) is 11.3 Å². The van der Waals surface area contributed by atoms with Gasteiger partial charge in [-0.1, -0.05) is 6.92 Å². The van der Waals surface area contributed by atoms with Crippen molar-refractivity contribution >= 4 is 17.0 Å². The van der Waals surface area contributed by atoms with Crippen molar-refractivity contribution in [3.05, 3.63) is 24.3 Å². The maximum Gasteiger partial charge on any atom is 0.261 e. The van der Waals surface area contributed by atoms with Crippen LogP contribution in [0.2, 0.25) is 0 Å². The topological polar surface area (TPSA) is 49.8 Å². The van der Waals surface area contributed by atoms with E-state index >= 15 is 0 Å². The van der Waals surface area contributed by atoms with E-state index in [2.05, 4.69) is 0 Å². The number of hydrogen-bond acceptors (Lipinski definition) is 2. The van der Waals surface area contributed by atoms with Gasteiger partial charge in [0.25, 0.3) is 11.3 Å².